The van der Waals surface area contributed by atoms with Gasteiger partial charge in [-0.3, -0.25) is 4.99 Å². The summed E-state index contributed by atoms with van der Waals surface area (Å²) in [6, 6.07) is 10.8. The summed E-state index contributed by atoms with van der Waals surface area (Å²) in [5.74, 6) is 3.26. The van der Waals surface area contributed by atoms with E-state index in [0.29, 0.717) is 11.8 Å². The molecule has 7 heteroatoms. The number of hydrogen-bond acceptors (Lipinski definition) is 3. The number of rotatable bonds is 8. The molecule has 2 N–H and O–H groups in total. The van der Waals surface area contributed by atoms with Crippen molar-refractivity contribution in [1.82, 2.24) is 25.4 Å². The van der Waals surface area contributed by atoms with E-state index in [-0.39, 0.29) is 24.0 Å². The van der Waals surface area contributed by atoms with Gasteiger partial charge in [0, 0.05) is 32.6 Å². The third kappa shape index (κ3) is 5.69. The maximum Gasteiger partial charge on any atom is 0.191 e. The molecule has 1 aromatic carbocycles. The Kier molecular flexibility index (Phi) is 8.34. The average Bonchev–Trinajstić information content (AvgIpc) is 3.29. The molecule has 0 amide bonds. The molecule has 2 unspecified atom stereocenters. The second-order valence-electron chi connectivity index (χ2n) is 6.45. The van der Waals surface area contributed by atoms with Crippen molar-refractivity contribution in [2.45, 2.75) is 39.2 Å². The quantitative estimate of drug-likeness (QED) is 0.355. The molecule has 142 valence electrons. The highest BCUT2D eigenvalue weighted by atomic mass is 127. The van der Waals surface area contributed by atoms with E-state index >= 15 is 0 Å². The van der Waals surface area contributed by atoms with E-state index in [1.54, 1.807) is 6.33 Å². The van der Waals surface area contributed by atoms with Crippen molar-refractivity contribution in [3.8, 4) is 0 Å². The van der Waals surface area contributed by atoms with Crippen molar-refractivity contribution in [2.24, 2.45) is 10.9 Å². The van der Waals surface area contributed by atoms with Gasteiger partial charge in [0.25, 0.3) is 0 Å². The lowest BCUT2D eigenvalue weighted by atomic mass is 10.1. The Labute approximate surface area is 172 Å². The first-order chi connectivity index (χ1) is 12.3. The summed E-state index contributed by atoms with van der Waals surface area (Å²) in [5.41, 5.74) is 1.44. The van der Waals surface area contributed by atoms with Crippen LogP contribution in [-0.4, -0.2) is 40.4 Å². The standard InChI is InChI=1S/C19H28N6.HI/c1-3-18-24-23-14-25(18)11-10-21-19(20-4-2)22-13-16-12-17(16)15-8-6-5-7-9-15;/h5-9,14,16-17H,3-4,10-13H2,1-2H3,(H2,20,21,22);1H. The van der Waals surface area contributed by atoms with E-state index in [4.69, 9.17) is 4.99 Å². The van der Waals surface area contributed by atoms with Crippen LogP contribution in [0.4, 0.5) is 0 Å². The van der Waals surface area contributed by atoms with Crippen LogP contribution in [0.1, 0.15) is 37.6 Å². The number of nitrogens with one attached hydrogen (secondary N) is 2. The Morgan fingerprint density at radius 1 is 1.23 bits per heavy atom. The number of aryl methyl sites for hydroxylation is 1. The fourth-order valence-electron chi connectivity index (χ4n) is 3.14. The molecule has 0 spiro atoms. The first-order valence-electron chi connectivity index (χ1n) is 9.25. The van der Waals surface area contributed by atoms with Gasteiger partial charge in [-0.2, -0.15) is 0 Å². The lowest BCUT2D eigenvalue weighted by Crippen LogP contribution is -2.39. The van der Waals surface area contributed by atoms with Crippen LogP contribution in [0.2, 0.25) is 0 Å². The van der Waals surface area contributed by atoms with Crippen molar-refractivity contribution in [1.29, 1.82) is 0 Å². The van der Waals surface area contributed by atoms with Crippen molar-refractivity contribution in [2.75, 3.05) is 19.6 Å². The monoisotopic (exact) mass is 468 g/mol. The normalized spacial score (nSPS) is 18.9. The van der Waals surface area contributed by atoms with Crippen LogP contribution in [0.15, 0.2) is 41.7 Å². The lowest BCUT2D eigenvalue weighted by Gasteiger charge is -2.12. The molecule has 2 aromatic rings. The smallest absolute Gasteiger partial charge is 0.191 e. The first kappa shape index (κ1) is 20.7. The molecule has 3 rings (SSSR count). The van der Waals surface area contributed by atoms with Gasteiger partial charge in [-0.1, -0.05) is 37.3 Å². The molecule has 1 aliphatic rings. The second-order valence-corrected chi connectivity index (χ2v) is 6.45. The Bertz CT molecular complexity index is 684. The molecule has 0 bridgehead atoms. The van der Waals surface area contributed by atoms with Gasteiger partial charge < -0.3 is 15.2 Å². The summed E-state index contributed by atoms with van der Waals surface area (Å²) >= 11 is 0. The fourth-order valence-corrected chi connectivity index (χ4v) is 3.14. The minimum atomic E-state index is 0. The van der Waals surface area contributed by atoms with E-state index in [2.05, 4.69) is 69.6 Å². The molecule has 1 aromatic heterocycles. The highest BCUT2D eigenvalue weighted by molar-refractivity contribution is 14.0. The summed E-state index contributed by atoms with van der Waals surface area (Å²) in [4.78, 5) is 4.77. The Hall–Kier alpha value is -1.64. The highest BCUT2D eigenvalue weighted by Crippen LogP contribution is 2.47. The summed E-state index contributed by atoms with van der Waals surface area (Å²) in [5, 5.41) is 14.8. The first-order valence-corrected chi connectivity index (χ1v) is 9.25. The zero-order chi connectivity index (χ0) is 17.5. The van der Waals surface area contributed by atoms with E-state index in [0.717, 1.165) is 44.4 Å². The van der Waals surface area contributed by atoms with Crippen molar-refractivity contribution in [3.63, 3.8) is 0 Å². The molecule has 26 heavy (non-hydrogen) atoms. The number of benzene rings is 1. The van der Waals surface area contributed by atoms with Crippen LogP contribution in [0.3, 0.4) is 0 Å². The minimum Gasteiger partial charge on any atom is -0.357 e. The van der Waals surface area contributed by atoms with Gasteiger partial charge in [0.1, 0.15) is 12.2 Å². The van der Waals surface area contributed by atoms with Gasteiger partial charge in [0.2, 0.25) is 0 Å². The maximum absolute atomic E-state index is 4.77. The van der Waals surface area contributed by atoms with Gasteiger partial charge in [0.15, 0.2) is 5.96 Å². The predicted molar refractivity (Wildman–Crippen MR) is 116 cm³/mol. The third-order valence-electron chi connectivity index (χ3n) is 4.64. The largest absolute Gasteiger partial charge is 0.357 e. The topological polar surface area (TPSA) is 67.1 Å². The lowest BCUT2D eigenvalue weighted by molar-refractivity contribution is 0.631. The van der Waals surface area contributed by atoms with Crippen molar-refractivity contribution in [3.05, 3.63) is 48.0 Å². The molecular formula is C19H29IN6. The zero-order valence-electron chi connectivity index (χ0n) is 15.6. The number of hydrogen-bond donors (Lipinski definition) is 2. The summed E-state index contributed by atoms with van der Waals surface area (Å²) in [6.07, 6.45) is 3.93. The number of aliphatic imine (C=N–C) groups is 1. The SMILES string of the molecule is CCNC(=NCC1CC1c1ccccc1)NCCn1cnnc1CC.I. The zero-order valence-corrected chi connectivity index (χ0v) is 17.9. The molecule has 1 fully saturated rings. The van der Waals surface area contributed by atoms with Crippen LogP contribution in [0, 0.1) is 5.92 Å². The van der Waals surface area contributed by atoms with Gasteiger partial charge in [-0.15, -0.1) is 34.2 Å². The molecule has 0 radical (unpaired) electrons. The van der Waals surface area contributed by atoms with Gasteiger partial charge in [-0.25, -0.2) is 0 Å². The number of guanidine groups is 1. The van der Waals surface area contributed by atoms with Crippen LogP contribution in [-0.2, 0) is 13.0 Å². The van der Waals surface area contributed by atoms with Crippen LogP contribution >= 0.6 is 24.0 Å². The minimum absolute atomic E-state index is 0. The van der Waals surface area contributed by atoms with Crippen molar-refractivity contribution < 1.29 is 0 Å². The van der Waals surface area contributed by atoms with E-state index in [1.165, 1.54) is 12.0 Å². The Morgan fingerprint density at radius 3 is 2.77 bits per heavy atom. The van der Waals surface area contributed by atoms with Crippen LogP contribution in [0.25, 0.3) is 0 Å². The van der Waals surface area contributed by atoms with Gasteiger partial charge in [-0.05, 0) is 30.7 Å². The highest BCUT2D eigenvalue weighted by Gasteiger charge is 2.37. The third-order valence-corrected chi connectivity index (χ3v) is 4.64. The van der Waals surface area contributed by atoms with Gasteiger partial charge in [0.05, 0.1) is 0 Å². The van der Waals surface area contributed by atoms with E-state index in [9.17, 15) is 0 Å². The molecule has 1 heterocycles. The molecule has 1 aliphatic carbocycles. The summed E-state index contributed by atoms with van der Waals surface area (Å²) in [7, 11) is 0. The Morgan fingerprint density at radius 2 is 2.04 bits per heavy atom. The molecule has 0 aliphatic heterocycles. The van der Waals surface area contributed by atoms with Crippen molar-refractivity contribution >= 4 is 29.9 Å². The van der Waals surface area contributed by atoms with E-state index < -0.39 is 0 Å². The van der Waals surface area contributed by atoms with E-state index in [1.807, 2.05) is 0 Å². The number of aromatic nitrogens is 3. The average molecular weight is 468 g/mol. The Balaban J connectivity index is 0.00000243. The van der Waals surface area contributed by atoms with Crippen LogP contribution < -0.4 is 10.6 Å². The second kappa shape index (κ2) is 10.5. The summed E-state index contributed by atoms with van der Waals surface area (Å²) < 4.78 is 2.09. The molecule has 2 atom stereocenters. The maximum atomic E-state index is 4.77. The van der Waals surface area contributed by atoms with Gasteiger partial charge >= 0.3 is 0 Å². The van der Waals surface area contributed by atoms with Crippen LogP contribution in [0.5, 0.6) is 0 Å². The number of nitrogens with zero attached hydrogens (tertiary/aromatic N) is 4. The number of halogens is 1. The summed E-state index contributed by atoms with van der Waals surface area (Å²) in [6.45, 7) is 7.59. The predicted octanol–water partition coefficient (Wildman–Crippen LogP) is 2.82. The molecular weight excluding hydrogens is 439 g/mol. The fraction of sp³-hybridized carbons (Fsp3) is 0.526. The molecule has 6 nitrogen and oxygen atoms in total. The molecule has 1 saturated carbocycles. The molecule has 0 saturated heterocycles.